The number of ketones is 1. The third kappa shape index (κ3) is 2.08. The van der Waals surface area contributed by atoms with Crippen molar-refractivity contribution < 1.29 is 9.18 Å². The molecule has 1 aromatic carbocycles. The van der Waals surface area contributed by atoms with Gasteiger partial charge in [0.1, 0.15) is 11.6 Å². The molecule has 0 fully saturated rings. The van der Waals surface area contributed by atoms with Gasteiger partial charge in [-0.25, -0.2) is 4.39 Å². The minimum absolute atomic E-state index is 0.0441. The fraction of sp³-hybridized carbons (Fsp3) is 0.294. The first-order valence-electron chi connectivity index (χ1n) is 7.19. The largest absolute Gasteiger partial charge is 0.384 e. The van der Waals surface area contributed by atoms with Crippen LogP contribution in [-0.4, -0.2) is 17.7 Å². The van der Waals surface area contributed by atoms with E-state index in [0.717, 1.165) is 24.1 Å². The number of rotatable bonds is 1. The summed E-state index contributed by atoms with van der Waals surface area (Å²) in [4.78, 5) is 14.2. The van der Waals surface area contributed by atoms with Gasteiger partial charge in [-0.1, -0.05) is 12.1 Å². The maximum atomic E-state index is 13.2. The molecule has 5 heteroatoms. The molecule has 1 aliphatic heterocycles. The van der Waals surface area contributed by atoms with Gasteiger partial charge in [0.05, 0.1) is 17.6 Å². The molecular weight excluding hydrogens is 281 g/mol. The van der Waals surface area contributed by atoms with Crippen LogP contribution in [0, 0.1) is 17.1 Å². The van der Waals surface area contributed by atoms with Crippen molar-refractivity contribution in [1.82, 2.24) is 4.90 Å². The second kappa shape index (κ2) is 5.30. The molecule has 0 unspecified atom stereocenters. The number of nitrogens with two attached hydrogens (primary N) is 1. The molecule has 22 heavy (non-hydrogen) atoms. The SMILES string of the molecule is CN1C(N)=C(C#N)[C@@H](c2ccc(F)cc2)C2=C1CCCC2=O. The van der Waals surface area contributed by atoms with Gasteiger partial charge in [0, 0.05) is 24.7 Å². The Morgan fingerprint density at radius 3 is 2.64 bits per heavy atom. The molecule has 4 nitrogen and oxygen atoms in total. The van der Waals surface area contributed by atoms with Crippen molar-refractivity contribution in [2.24, 2.45) is 5.73 Å². The Balaban J connectivity index is 2.22. The molecular formula is C17H16FN3O. The summed E-state index contributed by atoms with van der Waals surface area (Å²) in [6.07, 6.45) is 2.02. The van der Waals surface area contributed by atoms with E-state index in [9.17, 15) is 14.4 Å². The van der Waals surface area contributed by atoms with Crippen LogP contribution in [0.15, 0.2) is 46.9 Å². The Labute approximate surface area is 128 Å². The van der Waals surface area contributed by atoms with Crippen molar-refractivity contribution in [1.29, 1.82) is 5.26 Å². The molecule has 1 aliphatic carbocycles. The number of hydrogen-bond acceptors (Lipinski definition) is 4. The van der Waals surface area contributed by atoms with E-state index >= 15 is 0 Å². The molecule has 0 bridgehead atoms. The molecule has 0 aromatic heterocycles. The highest BCUT2D eigenvalue weighted by Gasteiger charge is 2.38. The number of carbonyl (C=O) groups excluding carboxylic acids is 1. The first kappa shape index (κ1) is 14.3. The minimum atomic E-state index is -0.496. The minimum Gasteiger partial charge on any atom is -0.384 e. The average Bonchev–Trinajstić information content (AvgIpc) is 2.52. The smallest absolute Gasteiger partial charge is 0.161 e. The van der Waals surface area contributed by atoms with Crippen LogP contribution in [-0.2, 0) is 4.79 Å². The predicted octanol–water partition coefficient (Wildman–Crippen LogP) is 2.56. The number of hydrogen-bond donors (Lipinski definition) is 1. The maximum absolute atomic E-state index is 13.2. The van der Waals surface area contributed by atoms with Gasteiger partial charge in [-0.2, -0.15) is 5.26 Å². The third-order valence-electron chi connectivity index (χ3n) is 4.37. The van der Waals surface area contributed by atoms with E-state index in [1.165, 1.54) is 12.1 Å². The zero-order valence-electron chi connectivity index (χ0n) is 12.3. The van der Waals surface area contributed by atoms with Gasteiger partial charge in [-0.3, -0.25) is 4.79 Å². The lowest BCUT2D eigenvalue weighted by Gasteiger charge is -2.37. The third-order valence-corrected chi connectivity index (χ3v) is 4.37. The normalized spacial score (nSPS) is 21.8. The predicted molar refractivity (Wildman–Crippen MR) is 79.6 cm³/mol. The van der Waals surface area contributed by atoms with Crippen LogP contribution in [0.5, 0.6) is 0 Å². The maximum Gasteiger partial charge on any atom is 0.161 e. The zero-order valence-corrected chi connectivity index (χ0v) is 12.3. The van der Waals surface area contributed by atoms with Crippen molar-refractivity contribution in [3.8, 4) is 6.07 Å². The Kier molecular flexibility index (Phi) is 3.45. The van der Waals surface area contributed by atoms with Gasteiger partial charge in [-0.05, 0) is 30.5 Å². The van der Waals surface area contributed by atoms with E-state index in [1.54, 1.807) is 24.1 Å². The molecule has 0 saturated carbocycles. The molecule has 1 aromatic rings. The summed E-state index contributed by atoms with van der Waals surface area (Å²) in [6, 6.07) is 8.04. The number of nitriles is 1. The van der Waals surface area contributed by atoms with Crippen molar-refractivity contribution in [3.63, 3.8) is 0 Å². The highest BCUT2D eigenvalue weighted by molar-refractivity contribution is 5.99. The summed E-state index contributed by atoms with van der Waals surface area (Å²) in [7, 11) is 1.78. The van der Waals surface area contributed by atoms with E-state index in [0.29, 0.717) is 23.4 Å². The Morgan fingerprint density at radius 2 is 2.00 bits per heavy atom. The summed E-state index contributed by atoms with van der Waals surface area (Å²) in [5.41, 5.74) is 8.68. The molecule has 2 N–H and O–H groups in total. The Hall–Kier alpha value is -2.61. The molecule has 0 amide bonds. The fourth-order valence-corrected chi connectivity index (χ4v) is 3.25. The molecule has 3 rings (SSSR count). The van der Waals surface area contributed by atoms with Crippen molar-refractivity contribution in [2.75, 3.05) is 7.05 Å². The molecule has 0 radical (unpaired) electrons. The van der Waals surface area contributed by atoms with Crippen LogP contribution < -0.4 is 5.73 Å². The lowest BCUT2D eigenvalue weighted by Crippen LogP contribution is -2.36. The molecule has 1 atom stereocenters. The van der Waals surface area contributed by atoms with Crippen LogP contribution in [0.2, 0.25) is 0 Å². The number of Topliss-reactive ketones (excluding diaryl/α,β-unsaturated/α-hetero) is 1. The zero-order chi connectivity index (χ0) is 15.9. The molecule has 112 valence electrons. The quantitative estimate of drug-likeness (QED) is 0.865. The summed E-state index contributed by atoms with van der Waals surface area (Å²) in [5.74, 6) is -0.436. The van der Waals surface area contributed by atoms with Crippen molar-refractivity contribution in [3.05, 3.63) is 58.3 Å². The standard InChI is InChI=1S/C17H16FN3O/c1-21-13-3-2-4-14(22)16(13)15(12(9-19)17(21)20)10-5-7-11(18)8-6-10/h5-8,15H,2-4,20H2,1H3/t15-/m1/s1. The van der Waals surface area contributed by atoms with Crippen LogP contribution >= 0.6 is 0 Å². The number of allylic oxidation sites excluding steroid dienone is 3. The average molecular weight is 297 g/mol. The first-order chi connectivity index (χ1) is 10.5. The topological polar surface area (TPSA) is 70.1 Å². The molecule has 1 heterocycles. The lowest BCUT2D eigenvalue weighted by atomic mass is 9.76. The number of benzene rings is 1. The highest BCUT2D eigenvalue weighted by Crippen LogP contribution is 2.43. The monoisotopic (exact) mass is 297 g/mol. The van der Waals surface area contributed by atoms with E-state index in [1.807, 2.05) is 0 Å². The van der Waals surface area contributed by atoms with Gasteiger partial charge in [-0.15, -0.1) is 0 Å². The second-order valence-electron chi connectivity index (χ2n) is 5.59. The summed E-state index contributed by atoms with van der Waals surface area (Å²) in [5, 5.41) is 9.52. The van der Waals surface area contributed by atoms with E-state index < -0.39 is 5.92 Å². The Bertz CT molecular complexity index is 740. The lowest BCUT2D eigenvalue weighted by molar-refractivity contribution is -0.116. The van der Waals surface area contributed by atoms with Crippen LogP contribution in [0.4, 0.5) is 4.39 Å². The fourth-order valence-electron chi connectivity index (χ4n) is 3.25. The second-order valence-corrected chi connectivity index (χ2v) is 5.59. The van der Waals surface area contributed by atoms with E-state index in [4.69, 9.17) is 5.73 Å². The first-order valence-corrected chi connectivity index (χ1v) is 7.19. The summed E-state index contributed by atoms with van der Waals surface area (Å²) < 4.78 is 13.2. The summed E-state index contributed by atoms with van der Waals surface area (Å²) in [6.45, 7) is 0. The van der Waals surface area contributed by atoms with E-state index in [2.05, 4.69) is 6.07 Å². The van der Waals surface area contributed by atoms with Gasteiger partial charge < -0.3 is 10.6 Å². The number of nitrogens with zero attached hydrogens (tertiary/aromatic N) is 2. The Morgan fingerprint density at radius 1 is 1.32 bits per heavy atom. The molecule has 2 aliphatic rings. The van der Waals surface area contributed by atoms with Crippen LogP contribution in [0.25, 0.3) is 0 Å². The van der Waals surface area contributed by atoms with E-state index in [-0.39, 0.29) is 11.6 Å². The molecule has 0 spiro atoms. The summed E-state index contributed by atoms with van der Waals surface area (Å²) >= 11 is 0. The highest BCUT2D eigenvalue weighted by atomic mass is 19.1. The van der Waals surface area contributed by atoms with Crippen molar-refractivity contribution >= 4 is 5.78 Å². The van der Waals surface area contributed by atoms with Gasteiger partial charge in [0.2, 0.25) is 0 Å². The number of carbonyl (C=O) groups is 1. The number of halogens is 1. The van der Waals surface area contributed by atoms with Crippen molar-refractivity contribution in [2.45, 2.75) is 25.2 Å². The molecule has 0 saturated heterocycles. The van der Waals surface area contributed by atoms with Gasteiger partial charge >= 0.3 is 0 Å². The van der Waals surface area contributed by atoms with Gasteiger partial charge in [0.25, 0.3) is 0 Å². The van der Waals surface area contributed by atoms with Crippen LogP contribution in [0.1, 0.15) is 30.7 Å². The van der Waals surface area contributed by atoms with Crippen LogP contribution in [0.3, 0.4) is 0 Å². The van der Waals surface area contributed by atoms with Gasteiger partial charge in [0.15, 0.2) is 5.78 Å².